The maximum Gasteiger partial charge on any atom is 0.138 e. The predicted molar refractivity (Wildman–Crippen MR) is 77.6 cm³/mol. The molecule has 2 atom stereocenters. The van der Waals surface area contributed by atoms with Gasteiger partial charge in [-0.25, -0.2) is 4.39 Å². The SMILES string of the molecule is CC1CN(Cc2ccc(F)c(C#CCN)c2)C(C)CO1. The summed E-state index contributed by atoms with van der Waals surface area (Å²) in [4.78, 5) is 2.35. The van der Waals surface area contributed by atoms with Crippen LogP contribution in [0.1, 0.15) is 25.0 Å². The average molecular weight is 276 g/mol. The summed E-state index contributed by atoms with van der Waals surface area (Å²) in [5.41, 5.74) is 6.81. The van der Waals surface area contributed by atoms with Crippen LogP contribution in [-0.2, 0) is 11.3 Å². The zero-order chi connectivity index (χ0) is 14.5. The third-order valence-electron chi connectivity index (χ3n) is 3.48. The molecule has 1 aromatic rings. The van der Waals surface area contributed by atoms with Gasteiger partial charge in [-0.1, -0.05) is 17.9 Å². The third kappa shape index (κ3) is 3.80. The molecule has 0 aromatic heterocycles. The van der Waals surface area contributed by atoms with Crippen LogP contribution in [0.4, 0.5) is 4.39 Å². The quantitative estimate of drug-likeness (QED) is 0.836. The molecule has 0 spiro atoms. The topological polar surface area (TPSA) is 38.5 Å². The smallest absolute Gasteiger partial charge is 0.138 e. The van der Waals surface area contributed by atoms with Gasteiger partial charge in [-0.15, -0.1) is 0 Å². The highest BCUT2D eigenvalue weighted by molar-refractivity contribution is 5.38. The zero-order valence-electron chi connectivity index (χ0n) is 12.0. The fourth-order valence-corrected chi connectivity index (χ4v) is 2.34. The van der Waals surface area contributed by atoms with Gasteiger partial charge in [0.1, 0.15) is 5.82 Å². The number of ether oxygens (including phenoxy) is 1. The van der Waals surface area contributed by atoms with Crippen molar-refractivity contribution in [2.24, 2.45) is 5.73 Å². The Labute approximate surface area is 119 Å². The number of morpholine rings is 1. The highest BCUT2D eigenvalue weighted by Gasteiger charge is 2.23. The van der Waals surface area contributed by atoms with Gasteiger partial charge >= 0.3 is 0 Å². The molecule has 2 unspecified atom stereocenters. The van der Waals surface area contributed by atoms with Crippen molar-refractivity contribution in [2.75, 3.05) is 19.7 Å². The van der Waals surface area contributed by atoms with Crippen molar-refractivity contribution >= 4 is 0 Å². The first kappa shape index (κ1) is 15.0. The van der Waals surface area contributed by atoms with Crippen LogP contribution in [-0.4, -0.2) is 36.7 Å². The molecule has 1 aromatic carbocycles. The summed E-state index contributed by atoms with van der Waals surface area (Å²) in [6.07, 6.45) is 0.239. The minimum absolute atomic E-state index is 0.238. The molecule has 1 fully saturated rings. The number of rotatable bonds is 2. The second-order valence-corrected chi connectivity index (χ2v) is 5.24. The number of hydrogen-bond acceptors (Lipinski definition) is 3. The second-order valence-electron chi connectivity index (χ2n) is 5.24. The Hall–Kier alpha value is -1.41. The number of nitrogens with two attached hydrogens (primary N) is 1. The van der Waals surface area contributed by atoms with Crippen LogP contribution in [0.25, 0.3) is 0 Å². The Morgan fingerprint density at radius 1 is 1.45 bits per heavy atom. The van der Waals surface area contributed by atoms with Crippen LogP contribution in [0, 0.1) is 17.7 Å². The van der Waals surface area contributed by atoms with Gasteiger partial charge in [-0.3, -0.25) is 4.90 Å². The standard InChI is InChI=1S/C16H21FN2O/c1-12-11-20-13(2)9-19(12)10-14-5-6-16(17)15(8-14)4-3-7-18/h5-6,8,12-13H,7,9-11,18H2,1-2H3. The monoisotopic (exact) mass is 276 g/mol. The van der Waals surface area contributed by atoms with E-state index >= 15 is 0 Å². The van der Waals surface area contributed by atoms with E-state index in [1.54, 1.807) is 0 Å². The van der Waals surface area contributed by atoms with Gasteiger partial charge in [0.05, 0.1) is 24.8 Å². The zero-order valence-corrected chi connectivity index (χ0v) is 12.0. The highest BCUT2D eigenvalue weighted by atomic mass is 19.1. The molecule has 2 N–H and O–H groups in total. The molecule has 0 bridgehead atoms. The largest absolute Gasteiger partial charge is 0.376 e. The van der Waals surface area contributed by atoms with Crippen LogP contribution in [0.3, 0.4) is 0 Å². The van der Waals surface area contributed by atoms with Crippen LogP contribution in [0.2, 0.25) is 0 Å². The van der Waals surface area contributed by atoms with Crippen LogP contribution >= 0.6 is 0 Å². The molecule has 1 aliphatic heterocycles. The molecule has 0 saturated carbocycles. The Bertz CT molecular complexity index is 521. The van der Waals surface area contributed by atoms with Crippen molar-refractivity contribution in [3.8, 4) is 11.8 Å². The predicted octanol–water partition coefficient (Wildman–Crippen LogP) is 1.75. The number of nitrogens with zero attached hydrogens (tertiary/aromatic N) is 1. The van der Waals surface area contributed by atoms with Gasteiger partial charge in [0.15, 0.2) is 0 Å². The van der Waals surface area contributed by atoms with E-state index in [9.17, 15) is 4.39 Å². The molecule has 4 heteroatoms. The summed E-state index contributed by atoms with van der Waals surface area (Å²) < 4.78 is 19.2. The lowest BCUT2D eigenvalue weighted by Gasteiger charge is -2.36. The summed E-state index contributed by atoms with van der Waals surface area (Å²) >= 11 is 0. The first-order valence-corrected chi connectivity index (χ1v) is 6.93. The van der Waals surface area contributed by atoms with Crippen molar-refractivity contribution in [1.82, 2.24) is 4.90 Å². The molecular formula is C16H21FN2O. The van der Waals surface area contributed by atoms with E-state index in [0.29, 0.717) is 11.6 Å². The van der Waals surface area contributed by atoms with E-state index in [0.717, 1.165) is 25.3 Å². The van der Waals surface area contributed by atoms with Crippen molar-refractivity contribution in [3.05, 3.63) is 35.1 Å². The summed E-state index contributed by atoms with van der Waals surface area (Å²) in [7, 11) is 0. The molecule has 3 nitrogen and oxygen atoms in total. The summed E-state index contributed by atoms with van der Waals surface area (Å²) in [5.74, 6) is 5.18. The minimum atomic E-state index is -0.293. The van der Waals surface area contributed by atoms with Crippen molar-refractivity contribution in [2.45, 2.75) is 32.5 Å². The number of benzene rings is 1. The first-order valence-electron chi connectivity index (χ1n) is 6.93. The van der Waals surface area contributed by atoms with Gasteiger partial charge in [0, 0.05) is 19.1 Å². The molecule has 1 aliphatic rings. The first-order chi connectivity index (χ1) is 9.60. The Morgan fingerprint density at radius 3 is 3.00 bits per heavy atom. The molecular weight excluding hydrogens is 255 g/mol. The van der Waals surface area contributed by atoms with Crippen molar-refractivity contribution < 1.29 is 9.13 Å². The summed E-state index contributed by atoms with van der Waals surface area (Å²) in [5, 5.41) is 0. The van der Waals surface area contributed by atoms with E-state index < -0.39 is 0 Å². The maximum atomic E-state index is 13.6. The molecule has 0 radical (unpaired) electrons. The fraction of sp³-hybridized carbons (Fsp3) is 0.500. The van der Waals surface area contributed by atoms with Gasteiger partial charge in [-0.2, -0.15) is 0 Å². The molecule has 108 valence electrons. The normalized spacial score (nSPS) is 23.2. The fourth-order valence-electron chi connectivity index (χ4n) is 2.34. The van der Waals surface area contributed by atoms with Gasteiger partial charge in [0.2, 0.25) is 0 Å². The van der Waals surface area contributed by atoms with E-state index in [2.05, 4.69) is 30.6 Å². The summed E-state index contributed by atoms with van der Waals surface area (Å²) in [6, 6.07) is 5.47. The molecule has 0 amide bonds. The lowest BCUT2D eigenvalue weighted by atomic mass is 10.1. The van der Waals surface area contributed by atoms with E-state index in [-0.39, 0.29) is 18.5 Å². The van der Waals surface area contributed by atoms with Gasteiger partial charge < -0.3 is 10.5 Å². The number of halogens is 1. The number of hydrogen-bond donors (Lipinski definition) is 1. The summed E-state index contributed by atoms with van der Waals surface area (Å²) in [6.45, 7) is 6.87. The van der Waals surface area contributed by atoms with Crippen molar-refractivity contribution in [1.29, 1.82) is 0 Å². The lowest BCUT2D eigenvalue weighted by molar-refractivity contribution is -0.0526. The Morgan fingerprint density at radius 2 is 2.25 bits per heavy atom. The molecule has 1 saturated heterocycles. The van der Waals surface area contributed by atoms with E-state index in [1.165, 1.54) is 6.07 Å². The molecule has 1 heterocycles. The van der Waals surface area contributed by atoms with Crippen LogP contribution in [0.5, 0.6) is 0 Å². The third-order valence-corrected chi connectivity index (χ3v) is 3.48. The maximum absolute atomic E-state index is 13.6. The lowest BCUT2D eigenvalue weighted by Crippen LogP contribution is -2.46. The molecule has 20 heavy (non-hydrogen) atoms. The second kappa shape index (κ2) is 6.85. The van der Waals surface area contributed by atoms with Gasteiger partial charge in [0.25, 0.3) is 0 Å². The minimum Gasteiger partial charge on any atom is -0.376 e. The molecule has 0 aliphatic carbocycles. The molecule has 2 rings (SSSR count). The Balaban J connectivity index is 2.12. The van der Waals surface area contributed by atoms with E-state index in [1.807, 2.05) is 12.1 Å². The van der Waals surface area contributed by atoms with Crippen LogP contribution in [0.15, 0.2) is 18.2 Å². The average Bonchev–Trinajstić information content (AvgIpc) is 2.43. The highest BCUT2D eigenvalue weighted by Crippen LogP contribution is 2.17. The Kier molecular flexibility index (Phi) is 5.13. The van der Waals surface area contributed by atoms with Gasteiger partial charge in [-0.05, 0) is 31.5 Å². The van der Waals surface area contributed by atoms with E-state index in [4.69, 9.17) is 10.5 Å². The van der Waals surface area contributed by atoms with Crippen molar-refractivity contribution in [3.63, 3.8) is 0 Å². The van der Waals surface area contributed by atoms with Crippen LogP contribution < -0.4 is 5.73 Å².